The van der Waals surface area contributed by atoms with Crippen LogP contribution in [0.2, 0.25) is 0 Å². The number of hydrogen-bond acceptors (Lipinski definition) is 4. The molecule has 104 valence electrons. The number of nitrogens with one attached hydrogen (secondary N) is 2. The Morgan fingerprint density at radius 1 is 1.20 bits per heavy atom. The van der Waals surface area contributed by atoms with Gasteiger partial charge in [0.25, 0.3) is 0 Å². The lowest BCUT2D eigenvalue weighted by atomic mass is 10.1. The molecule has 1 fully saturated rings. The van der Waals surface area contributed by atoms with E-state index in [0.717, 1.165) is 12.1 Å². The molecule has 1 aliphatic heterocycles. The second-order valence-electron chi connectivity index (χ2n) is 4.88. The molecule has 1 amide bonds. The molecule has 1 saturated heterocycles. The first-order valence-corrected chi connectivity index (χ1v) is 7.51. The first-order valence-electron chi connectivity index (χ1n) is 6.63. The van der Waals surface area contributed by atoms with E-state index in [9.17, 15) is 4.79 Å². The molecule has 5 heteroatoms. The summed E-state index contributed by atoms with van der Waals surface area (Å²) in [5.74, 6) is 0.0859. The van der Waals surface area contributed by atoms with E-state index >= 15 is 0 Å². The van der Waals surface area contributed by atoms with Crippen LogP contribution >= 0.6 is 11.3 Å². The van der Waals surface area contributed by atoms with Crippen molar-refractivity contribution >= 4 is 22.9 Å². The second-order valence-corrected chi connectivity index (χ2v) is 5.86. The molecule has 0 saturated carbocycles. The third-order valence-corrected chi connectivity index (χ3v) is 4.55. The Labute approximate surface area is 122 Å². The van der Waals surface area contributed by atoms with Gasteiger partial charge in [-0.3, -0.25) is 4.79 Å². The number of amides is 1. The van der Waals surface area contributed by atoms with E-state index in [2.05, 4.69) is 22.3 Å². The molecule has 1 aromatic heterocycles. The molecule has 1 aliphatic rings. The number of rotatable bonds is 3. The fourth-order valence-corrected chi connectivity index (χ4v) is 3.20. The van der Waals surface area contributed by atoms with E-state index in [1.807, 2.05) is 43.4 Å². The summed E-state index contributed by atoms with van der Waals surface area (Å²) in [7, 11) is 1.82. The van der Waals surface area contributed by atoms with Gasteiger partial charge in [0.05, 0.1) is 6.04 Å². The Bertz CT molecular complexity index is 570. The number of likely N-dealkylation sites (N-methyl/N-ethyl adjacent to an activating group) is 1. The van der Waals surface area contributed by atoms with Gasteiger partial charge in [-0.1, -0.05) is 24.3 Å². The smallest absolute Gasteiger partial charge is 0.245 e. The summed E-state index contributed by atoms with van der Waals surface area (Å²) in [5.41, 5.74) is 7.24. The number of hydrazine groups is 1. The lowest BCUT2D eigenvalue weighted by Gasteiger charge is -2.20. The molecular weight excluding hydrogens is 270 g/mol. The number of benzene rings is 1. The predicted molar refractivity (Wildman–Crippen MR) is 81.6 cm³/mol. The number of hydrogen-bond donors (Lipinski definition) is 2. The van der Waals surface area contributed by atoms with E-state index in [-0.39, 0.29) is 18.0 Å². The predicted octanol–water partition coefficient (Wildman–Crippen LogP) is 2.32. The number of carbonyl (C=O) groups excluding carboxylic acids is 1. The Morgan fingerprint density at radius 3 is 2.70 bits per heavy atom. The van der Waals surface area contributed by atoms with Crippen LogP contribution in [0.4, 0.5) is 5.69 Å². The number of carbonyl (C=O) groups is 1. The largest absolute Gasteiger partial charge is 0.314 e. The molecule has 2 N–H and O–H groups in total. The molecule has 2 aromatic rings. The van der Waals surface area contributed by atoms with Crippen molar-refractivity contribution in [2.24, 2.45) is 0 Å². The summed E-state index contributed by atoms with van der Waals surface area (Å²) in [4.78, 5) is 15.5. The summed E-state index contributed by atoms with van der Waals surface area (Å²) >= 11 is 1.71. The number of thiophene rings is 1. The van der Waals surface area contributed by atoms with Gasteiger partial charge in [-0.15, -0.1) is 11.3 Å². The van der Waals surface area contributed by atoms with E-state index in [0.29, 0.717) is 0 Å². The van der Waals surface area contributed by atoms with Crippen LogP contribution in [0.15, 0.2) is 47.8 Å². The molecule has 2 heterocycles. The molecule has 0 bridgehead atoms. The zero-order valence-corrected chi connectivity index (χ0v) is 12.1. The van der Waals surface area contributed by atoms with E-state index in [1.54, 1.807) is 16.2 Å². The fourth-order valence-electron chi connectivity index (χ4n) is 2.41. The minimum absolute atomic E-state index is 0.0859. The van der Waals surface area contributed by atoms with Crippen molar-refractivity contribution in [3.8, 4) is 0 Å². The lowest BCUT2D eigenvalue weighted by molar-refractivity contribution is -0.120. The van der Waals surface area contributed by atoms with Crippen LogP contribution in [0.3, 0.4) is 0 Å². The van der Waals surface area contributed by atoms with Gasteiger partial charge >= 0.3 is 0 Å². The van der Waals surface area contributed by atoms with Crippen LogP contribution in [0.5, 0.6) is 0 Å². The molecule has 0 spiro atoms. The molecule has 0 radical (unpaired) electrons. The maximum atomic E-state index is 12.5. The Hall–Kier alpha value is -1.69. The normalized spacial score (nSPS) is 21.9. The van der Waals surface area contributed by atoms with Gasteiger partial charge in [-0.05, 0) is 30.0 Å². The zero-order valence-electron chi connectivity index (χ0n) is 11.2. The standard InChI is InChI=1S/C15H17N3OS/c1-18(11-6-3-2-4-7-11)15(19)13-10-12(16-17-13)14-8-5-9-20-14/h2-9,12-13,16-17H,10H2,1H3. The molecule has 0 aliphatic carbocycles. The topological polar surface area (TPSA) is 44.4 Å². The molecule has 20 heavy (non-hydrogen) atoms. The second kappa shape index (κ2) is 5.75. The van der Waals surface area contributed by atoms with Crippen molar-refractivity contribution in [2.45, 2.75) is 18.5 Å². The summed E-state index contributed by atoms with van der Waals surface area (Å²) in [5, 5.41) is 2.06. The molecule has 4 nitrogen and oxygen atoms in total. The van der Waals surface area contributed by atoms with E-state index < -0.39 is 0 Å². The van der Waals surface area contributed by atoms with Gasteiger partial charge in [0.1, 0.15) is 6.04 Å². The van der Waals surface area contributed by atoms with Crippen LogP contribution in [0.25, 0.3) is 0 Å². The van der Waals surface area contributed by atoms with Crippen molar-refractivity contribution < 1.29 is 4.79 Å². The molecule has 3 rings (SSSR count). The summed E-state index contributed by atoms with van der Waals surface area (Å²) in [6.45, 7) is 0. The first kappa shape index (κ1) is 13.3. The fraction of sp³-hybridized carbons (Fsp3) is 0.267. The quantitative estimate of drug-likeness (QED) is 0.910. The van der Waals surface area contributed by atoms with Crippen molar-refractivity contribution in [1.82, 2.24) is 10.9 Å². The highest BCUT2D eigenvalue weighted by atomic mass is 32.1. The van der Waals surface area contributed by atoms with Crippen LogP contribution < -0.4 is 15.8 Å². The highest BCUT2D eigenvalue weighted by molar-refractivity contribution is 7.10. The highest BCUT2D eigenvalue weighted by Crippen LogP contribution is 2.27. The number of para-hydroxylation sites is 1. The van der Waals surface area contributed by atoms with Crippen LogP contribution in [-0.4, -0.2) is 19.0 Å². The van der Waals surface area contributed by atoms with Crippen molar-refractivity contribution in [2.75, 3.05) is 11.9 Å². The maximum absolute atomic E-state index is 12.5. The van der Waals surface area contributed by atoms with Crippen molar-refractivity contribution in [3.05, 3.63) is 52.7 Å². The van der Waals surface area contributed by atoms with Crippen LogP contribution in [0.1, 0.15) is 17.3 Å². The highest BCUT2D eigenvalue weighted by Gasteiger charge is 2.32. The SMILES string of the molecule is CN(C(=O)C1CC(c2cccs2)NN1)c1ccccc1. The first-order chi connectivity index (χ1) is 9.75. The van der Waals surface area contributed by atoms with Crippen molar-refractivity contribution in [3.63, 3.8) is 0 Å². The number of anilines is 1. The lowest BCUT2D eigenvalue weighted by Crippen LogP contribution is -2.44. The van der Waals surface area contributed by atoms with E-state index in [4.69, 9.17) is 0 Å². The Kier molecular flexibility index (Phi) is 3.82. The van der Waals surface area contributed by atoms with E-state index in [1.165, 1.54) is 4.88 Å². The van der Waals surface area contributed by atoms with Crippen molar-refractivity contribution in [1.29, 1.82) is 0 Å². The van der Waals surface area contributed by atoms with Gasteiger partial charge < -0.3 is 4.90 Å². The molecule has 2 atom stereocenters. The van der Waals surface area contributed by atoms with Gasteiger partial charge in [0, 0.05) is 17.6 Å². The Morgan fingerprint density at radius 2 is 2.00 bits per heavy atom. The average molecular weight is 287 g/mol. The van der Waals surface area contributed by atoms with Gasteiger partial charge in [-0.2, -0.15) is 0 Å². The third-order valence-electron chi connectivity index (χ3n) is 3.56. The van der Waals surface area contributed by atoms with Gasteiger partial charge in [-0.25, -0.2) is 10.9 Å². The minimum atomic E-state index is -0.188. The number of nitrogens with zero attached hydrogens (tertiary/aromatic N) is 1. The summed E-state index contributed by atoms with van der Waals surface area (Å²) < 4.78 is 0. The molecule has 1 aromatic carbocycles. The summed E-state index contributed by atoms with van der Waals surface area (Å²) in [6, 6.07) is 13.9. The van der Waals surface area contributed by atoms with Crippen LogP contribution in [0, 0.1) is 0 Å². The Balaban J connectivity index is 1.67. The zero-order chi connectivity index (χ0) is 13.9. The molecular formula is C15H17N3OS. The maximum Gasteiger partial charge on any atom is 0.245 e. The minimum Gasteiger partial charge on any atom is -0.314 e. The monoisotopic (exact) mass is 287 g/mol. The van der Waals surface area contributed by atoms with Gasteiger partial charge in [0.15, 0.2) is 0 Å². The molecule has 2 unspecified atom stereocenters. The average Bonchev–Trinajstić information content (AvgIpc) is 3.17. The third kappa shape index (κ3) is 2.60. The van der Waals surface area contributed by atoms with Gasteiger partial charge in [0.2, 0.25) is 5.91 Å². The van der Waals surface area contributed by atoms with Crippen LogP contribution in [-0.2, 0) is 4.79 Å². The summed E-state index contributed by atoms with van der Waals surface area (Å²) in [6.07, 6.45) is 0.774.